The van der Waals surface area contributed by atoms with Crippen LogP contribution in [0.25, 0.3) is 0 Å². The lowest BCUT2D eigenvalue weighted by Crippen LogP contribution is -2.40. The molecular weight excluding hydrogens is 199 g/mol. The van der Waals surface area contributed by atoms with Crippen LogP contribution in [0.1, 0.15) is 0 Å². The first-order valence-corrected chi connectivity index (χ1v) is 4.48. The second kappa shape index (κ2) is 2.92. The summed E-state index contributed by atoms with van der Waals surface area (Å²) in [6.45, 7) is 1.51. The second-order valence-electron chi connectivity index (χ2n) is 3.50. The van der Waals surface area contributed by atoms with E-state index in [1.54, 1.807) is 0 Å². The zero-order chi connectivity index (χ0) is 11.3. The van der Waals surface area contributed by atoms with Gasteiger partial charge in [0.15, 0.2) is 0 Å². The summed E-state index contributed by atoms with van der Waals surface area (Å²) in [5.41, 5.74) is 0. The van der Waals surface area contributed by atoms with Crippen molar-refractivity contribution in [3.63, 3.8) is 0 Å². The van der Waals surface area contributed by atoms with Crippen LogP contribution < -0.4 is 0 Å². The maximum absolute atomic E-state index is 11.6. The van der Waals surface area contributed by atoms with Gasteiger partial charge in [0.05, 0.1) is 0 Å². The molecule has 0 aromatic rings. The molecule has 0 N–H and O–H groups in total. The Morgan fingerprint density at radius 1 is 0.933 bits per heavy atom. The summed E-state index contributed by atoms with van der Waals surface area (Å²) >= 11 is 0. The van der Waals surface area contributed by atoms with Gasteiger partial charge in [-0.15, -0.1) is 0 Å². The van der Waals surface area contributed by atoms with E-state index in [0.29, 0.717) is 0 Å². The maximum Gasteiger partial charge on any atom is 0.257 e. The fourth-order valence-electron chi connectivity index (χ4n) is 1.97. The van der Waals surface area contributed by atoms with Crippen molar-refractivity contribution in [2.75, 3.05) is 7.05 Å². The van der Waals surface area contributed by atoms with Gasteiger partial charge >= 0.3 is 0 Å². The molecule has 2 saturated heterocycles. The highest BCUT2D eigenvalue weighted by Crippen LogP contribution is 2.34. The van der Waals surface area contributed by atoms with Crippen LogP contribution in [0.4, 0.5) is 0 Å². The monoisotopic (exact) mass is 207 g/mol. The van der Waals surface area contributed by atoms with Crippen molar-refractivity contribution in [2.24, 2.45) is 11.8 Å². The Bertz CT molecular complexity index is 360. The average Bonchev–Trinajstić information content (AvgIpc) is 2.58. The number of rotatable bonds is 1. The molecule has 0 spiro atoms. The van der Waals surface area contributed by atoms with E-state index >= 15 is 0 Å². The van der Waals surface area contributed by atoms with Crippen LogP contribution in [0.2, 0.25) is 6.82 Å². The Labute approximate surface area is 86.5 Å². The maximum atomic E-state index is 11.6. The van der Waals surface area contributed by atoms with Crippen LogP contribution in [0, 0.1) is 11.8 Å². The van der Waals surface area contributed by atoms with Crippen molar-refractivity contribution >= 4 is 31.0 Å². The van der Waals surface area contributed by atoms with E-state index in [0.717, 1.165) is 9.71 Å². The van der Waals surface area contributed by atoms with Crippen molar-refractivity contribution < 1.29 is 19.2 Å². The first kappa shape index (κ1) is 9.88. The normalized spacial score (nSPS) is 30.3. The fraction of sp³-hybridized carbons (Fsp3) is 0.500. The van der Waals surface area contributed by atoms with Crippen LogP contribution in [0.5, 0.6) is 0 Å². The lowest BCUT2D eigenvalue weighted by Gasteiger charge is -2.14. The van der Waals surface area contributed by atoms with Gasteiger partial charge in [-0.2, -0.15) is 0 Å². The third-order valence-corrected chi connectivity index (χ3v) is 2.79. The van der Waals surface area contributed by atoms with Crippen LogP contribution >= 0.6 is 0 Å². The van der Waals surface area contributed by atoms with Gasteiger partial charge in [-0.3, -0.25) is 24.1 Å². The minimum Gasteiger partial charge on any atom is -0.333 e. The highest BCUT2D eigenvalue weighted by atomic mass is 16.2. The summed E-state index contributed by atoms with van der Waals surface area (Å²) in [5.74, 6) is -4.65. The molecule has 2 rings (SSSR count). The number of imide groups is 2. The lowest BCUT2D eigenvalue weighted by atomic mass is 9.96. The summed E-state index contributed by atoms with van der Waals surface area (Å²) < 4.78 is 0. The molecule has 2 heterocycles. The summed E-state index contributed by atoms with van der Waals surface area (Å²) in [4.78, 5) is 47.9. The van der Waals surface area contributed by atoms with Crippen molar-refractivity contribution in [2.45, 2.75) is 6.82 Å². The van der Waals surface area contributed by atoms with E-state index in [9.17, 15) is 19.2 Å². The summed E-state index contributed by atoms with van der Waals surface area (Å²) in [7, 11) is 2.56. The molecule has 0 aromatic heterocycles. The van der Waals surface area contributed by atoms with Crippen molar-refractivity contribution in [3.05, 3.63) is 0 Å². The third kappa shape index (κ3) is 1.00. The number of fused-ring (bicyclic) bond motifs is 1. The number of hydrogen-bond donors (Lipinski definition) is 0. The zero-order valence-corrected chi connectivity index (χ0v) is 8.26. The predicted octanol–water partition coefficient (Wildman–Crippen LogP) is -1.75. The molecule has 2 fully saturated rings. The molecule has 1 unspecified atom stereocenters. The fourth-order valence-corrected chi connectivity index (χ4v) is 1.97. The quantitative estimate of drug-likeness (QED) is 0.290. The number of likely N-dealkylation sites (tertiary alicyclic amines) is 1. The molecule has 2 atom stereocenters. The van der Waals surface area contributed by atoms with Crippen LogP contribution in [0.3, 0.4) is 0 Å². The average molecular weight is 207 g/mol. The van der Waals surface area contributed by atoms with Gasteiger partial charge < -0.3 is 4.81 Å². The lowest BCUT2D eigenvalue weighted by molar-refractivity contribution is -0.143. The van der Waals surface area contributed by atoms with Gasteiger partial charge in [0, 0.05) is 7.05 Å². The summed E-state index contributed by atoms with van der Waals surface area (Å²) in [6.07, 6.45) is 0. The molecule has 2 aliphatic heterocycles. The van der Waals surface area contributed by atoms with Crippen molar-refractivity contribution in [1.29, 1.82) is 0 Å². The molecule has 6 nitrogen and oxygen atoms in total. The van der Waals surface area contributed by atoms with E-state index in [4.69, 9.17) is 0 Å². The SMILES string of the molecule is C[B]N1C(=O)C2C(=O)N(C)C(=O)[C@H]2C1=O. The molecule has 0 saturated carbocycles. The standard InChI is InChI=1S/C8H8BN2O4/c1-9-11-7(14)3-4(8(11)15)6(13)10(2)5(3)12/h3-4H,1-2H3/t3-,4?/m0/s1. The highest BCUT2D eigenvalue weighted by molar-refractivity contribution is 6.46. The molecular formula is C8H8BN2O4. The van der Waals surface area contributed by atoms with Crippen LogP contribution in [-0.2, 0) is 19.2 Å². The Kier molecular flexibility index (Phi) is 1.92. The zero-order valence-electron chi connectivity index (χ0n) is 8.26. The van der Waals surface area contributed by atoms with E-state index in [2.05, 4.69) is 0 Å². The number of amides is 4. The third-order valence-electron chi connectivity index (χ3n) is 2.79. The van der Waals surface area contributed by atoms with Gasteiger partial charge in [0.25, 0.3) is 7.41 Å². The number of nitrogens with zero attached hydrogens (tertiary/aromatic N) is 2. The van der Waals surface area contributed by atoms with E-state index in [1.165, 1.54) is 21.3 Å². The van der Waals surface area contributed by atoms with Crippen LogP contribution in [0.15, 0.2) is 0 Å². The molecule has 1 radical (unpaired) electrons. The number of carbonyl (C=O) groups excluding carboxylic acids is 4. The topological polar surface area (TPSA) is 74.8 Å². The highest BCUT2D eigenvalue weighted by Gasteiger charge is 2.60. The van der Waals surface area contributed by atoms with E-state index in [-0.39, 0.29) is 0 Å². The first-order chi connectivity index (χ1) is 7.00. The van der Waals surface area contributed by atoms with Gasteiger partial charge in [0.2, 0.25) is 23.6 Å². The molecule has 4 amide bonds. The van der Waals surface area contributed by atoms with E-state index < -0.39 is 35.5 Å². The minimum atomic E-state index is -1.13. The first-order valence-electron chi connectivity index (χ1n) is 4.48. The van der Waals surface area contributed by atoms with Gasteiger partial charge in [-0.05, 0) is 0 Å². The van der Waals surface area contributed by atoms with E-state index in [1.807, 2.05) is 0 Å². The molecule has 2 aliphatic rings. The Morgan fingerprint density at radius 3 is 1.67 bits per heavy atom. The van der Waals surface area contributed by atoms with Crippen molar-refractivity contribution in [1.82, 2.24) is 9.71 Å². The van der Waals surface area contributed by atoms with Crippen LogP contribution in [-0.4, -0.2) is 47.8 Å². The Balaban J connectivity index is 2.45. The van der Waals surface area contributed by atoms with Crippen molar-refractivity contribution in [3.8, 4) is 0 Å². The molecule has 0 aromatic carbocycles. The summed E-state index contributed by atoms with van der Waals surface area (Å²) in [5, 5.41) is 0. The van der Waals surface area contributed by atoms with Gasteiger partial charge in [-0.1, -0.05) is 6.82 Å². The molecule has 77 valence electrons. The Hall–Kier alpha value is -1.66. The number of carbonyl (C=O) groups is 4. The van der Waals surface area contributed by atoms with Gasteiger partial charge in [-0.25, -0.2) is 0 Å². The minimum absolute atomic E-state index is 0.590. The molecule has 0 aliphatic carbocycles. The predicted molar refractivity (Wildman–Crippen MR) is 48.2 cm³/mol. The smallest absolute Gasteiger partial charge is 0.257 e. The van der Waals surface area contributed by atoms with Gasteiger partial charge in [0.1, 0.15) is 11.8 Å². The second-order valence-corrected chi connectivity index (χ2v) is 3.50. The molecule has 0 bridgehead atoms. The largest absolute Gasteiger partial charge is 0.333 e. The molecule has 15 heavy (non-hydrogen) atoms. The molecule has 7 heteroatoms. The Morgan fingerprint density at radius 2 is 1.33 bits per heavy atom. The summed E-state index contributed by atoms with van der Waals surface area (Å²) in [6, 6.07) is 0. The number of hydrogen-bond acceptors (Lipinski definition) is 4.